The molecule has 0 radical (unpaired) electrons. The number of hydrogen-bond donors (Lipinski definition) is 1. The summed E-state index contributed by atoms with van der Waals surface area (Å²) in [6.45, 7) is 3.16. The molecule has 42 heavy (non-hydrogen) atoms. The Labute approximate surface area is 253 Å². The van der Waals surface area contributed by atoms with Crippen molar-refractivity contribution in [1.29, 1.82) is 0 Å². The summed E-state index contributed by atoms with van der Waals surface area (Å²) in [4.78, 5) is 21.8. The van der Waals surface area contributed by atoms with Gasteiger partial charge in [0.05, 0.1) is 42.4 Å². The van der Waals surface area contributed by atoms with E-state index in [2.05, 4.69) is 26.3 Å². The van der Waals surface area contributed by atoms with Crippen molar-refractivity contribution in [2.45, 2.75) is 42.1 Å². The summed E-state index contributed by atoms with van der Waals surface area (Å²) in [7, 11) is 1.39. The van der Waals surface area contributed by atoms with Crippen LogP contribution in [-0.2, 0) is 15.2 Å². The lowest BCUT2D eigenvalue weighted by Crippen LogP contribution is -2.40. The number of nitrogens with zero attached hydrogens (tertiary/aromatic N) is 3. The van der Waals surface area contributed by atoms with Crippen LogP contribution in [0.3, 0.4) is 0 Å². The van der Waals surface area contributed by atoms with E-state index in [-0.39, 0.29) is 24.0 Å². The average Bonchev–Trinajstić information content (AvgIpc) is 3.31. The SMILES string of the molecule is COC(=O)c1ccc2c(c1)N(C[C@@H]1CCO1)C(=CN1CCC(Oc3cccc(CSc4ccc(Cl)cc4F)n3)CC1)N2. The van der Waals surface area contributed by atoms with Crippen molar-refractivity contribution >= 4 is 40.7 Å². The fraction of sp³-hybridized carbons (Fsp3) is 0.355. The van der Waals surface area contributed by atoms with Crippen LogP contribution in [0.1, 0.15) is 35.3 Å². The summed E-state index contributed by atoms with van der Waals surface area (Å²) in [6, 6.07) is 16.0. The molecule has 0 unspecified atom stereocenters. The van der Waals surface area contributed by atoms with Crippen molar-refractivity contribution in [1.82, 2.24) is 9.88 Å². The third-order valence-corrected chi connectivity index (χ3v) is 8.88. The maximum atomic E-state index is 14.1. The molecule has 3 aliphatic rings. The van der Waals surface area contributed by atoms with E-state index < -0.39 is 0 Å². The number of aromatic nitrogens is 1. The molecule has 3 aliphatic heterocycles. The van der Waals surface area contributed by atoms with Gasteiger partial charge in [-0.3, -0.25) is 0 Å². The van der Waals surface area contributed by atoms with E-state index in [1.54, 1.807) is 18.2 Å². The smallest absolute Gasteiger partial charge is 0.337 e. The quantitative estimate of drug-likeness (QED) is 0.221. The average molecular weight is 611 g/mol. The van der Waals surface area contributed by atoms with Gasteiger partial charge in [0.15, 0.2) is 0 Å². The molecule has 0 aliphatic carbocycles. The molecule has 11 heteroatoms. The number of carbonyl (C=O) groups excluding carboxylic acids is 1. The molecular weight excluding hydrogens is 579 g/mol. The molecule has 8 nitrogen and oxygen atoms in total. The second-order valence-corrected chi connectivity index (χ2v) is 11.9. The van der Waals surface area contributed by atoms with Gasteiger partial charge in [0.1, 0.15) is 17.7 Å². The van der Waals surface area contributed by atoms with E-state index in [9.17, 15) is 9.18 Å². The number of esters is 1. The van der Waals surface area contributed by atoms with Gasteiger partial charge in [0.25, 0.3) is 0 Å². The van der Waals surface area contributed by atoms with Crippen LogP contribution in [0.15, 0.2) is 71.5 Å². The summed E-state index contributed by atoms with van der Waals surface area (Å²) in [5.74, 6) is 1.39. The Kier molecular flexibility index (Phi) is 8.73. The highest BCUT2D eigenvalue weighted by molar-refractivity contribution is 7.98. The van der Waals surface area contributed by atoms with Gasteiger partial charge >= 0.3 is 5.97 Å². The van der Waals surface area contributed by atoms with Gasteiger partial charge in [-0.25, -0.2) is 14.2 Å². The monoisotopic (exact) mass is 610 g/mol. The number of thioether (sulfide) groups is 1. The molecule has 2 saturated heterocycles. The number of rotatable bonds is 9. The largest absolute Gasteiger partial charge is 0.474 e. The zero-order valence-corrected chi connectivity index (χ0v) is 24.8. The first kappa shape index (κ1) is 28.6. The van der Waals surface area contributed by atoms with E-state index in [0.29, 0.717) is 33.7 Å². The summed E-state index contributed by atoms with van der Waals surface area (Å²) in [6.07, 6.45) is 5.09. The lowest BCUT2D eigenvalue weighted by Gasteiger charge is -2.34. The molecule has 3 aromatic rings. The summed E-state index contributed by atoms with van der Waals surface area (Å²) >= 11 is 7.24. The molecule has 0 bridgehead atoms. The van der Waals surface area contributed by atoms with E-state index >= 15 is 0 Å². The number of piperidine rings is 1. The van der Waals surface area contributed by atoms with Gasteiger partial charge in [-0.1, -0.05) is 17.7 Å². The highest BCUT2D eigenvalue weighted by Crippen LogP contribution is 2.38. The van der Waals surface area contributed by atoms with Crippen LogP contribution in [0.2, 0.25) is 5.02 Å². The first-order valence-corrected chi connectivity index (χ1v) is 15.4. The van der Waals surface area contributed by atoms with Crippen molar-refractivity contribution in [3.63, 3.8) is 0 Å². The lowest BCUT2D eigenvalue weighted by atomic mass is 10.1. The Morgan fingerprint density at radius 2 is 2.02 bits per heavy atom. The number of anilines is 2. The molecule has 4 heterocycles. The number of fused-ring (bicyclic) bond motifs is 1. The number of nitrogens with one attached hydrogen (secondary N) is 1. The normalized spacial score (nSPS) is 19.3. The maximum absolute atomic E-state index is 14.1. The minimum Gasteiger partial charge on any atom is -0.474 e. The van der Waals surface area contributed by atoms with Crippen LogP contribution < -0.4 is 15.0 Å². The van der Waals surface area contributed by atoms with Crippen molar-refractivity contribution in [3.05, 3.63) is 88.7 Å². The van der Waals surface area contributed by atoms with E-state index in [4.69, 9.17) is 25.8 Å². The Balaban J connectivity index is 1.06. The Hall–Kier alpha value is -3.47. The summed E-state index contributed by atoms with van der Waals surface area (Å²) in [5, 5.41) is 3.90. The second kappa shape index (κ2) is 12.8. The topological polar surface area (TPSA) is 76.2 Å². The molecule has 6 rings (SSSR count). The van der Waals surface area contributed by atoms with Crippen molar-refractivity contribution in [2.75, 3.05) is 43.6 Å². The van der Waals surface area contributed by atoms with Crippen molar-refractivity contribution < 1.29 is 23.4 Å². The van der Waals surface area contributed by atoms with Crippen LogP contribution in [0.25, 0.3) is 0 Å². The Morgan fingerprint density at radius 3 is 2.76 bits per heavy atom. The molecule has 0 saturated carbocycles. The van der Waals surface area contributed by atoms with E-state index in [0.717, 1.165) is 61.8 Å². The molecule has 0 amide bonds. The summed E-state index contributed by atoms with van der Waals surface area (Å²) in [5.41, 5.74) is 3.24. The lowest BCUT2D eigenvalue weighted by molar-refractivity contribution is -0.0437. The first-order valence-electron chi connectivity index (χ1n) is 14.0. The molecular formula is C31H32ClFN4O4S. The van der Waals surface area contributed by atoms with Crippen LogP contribution in [0.4, 0.5) is 15.8 Å². The van der Waals surface area contributed by atoms with Crippen molar-refractivity contribution in [2.24, 2.45) is 0 Å². The van der Waals surface area contributed by atoms with Gasteiger partial charge in [0.2, 0.25) is 5.88 Å². The zero-order chi connectivity index (χ0) is 29.1. The van der Waals surface area contributed by atoms with Gasteiger partial charge in [-0.2, -0.15) is 0 Å². The molecule has 220 valence electrons. The Morgan fingerprint density at radius 1 is 1.19 bits per heavy atom. The maximum Gasteiger partial charge on any atom is 0.337 e. The van der Waals surface area contributed by atoms with E-state index in [1.807, 2.05) is 30.3 Å². The number of ether oxygens (including phenoxy) is 3. The van der Waals surface area contributed by atoms with E-state index in [1.165, 1.54) is 24.9 Å². The molecule has 1 N–H and O–H groups in total. The third-order valence-electron chi connectivity index (χ3n) is 7.56. The van der Waals surface area contributed by atoms with Crippen molar-refractivity contribution in [3.8, 4) is 5.88 Å². The summed E-state index contributed by atoms with van der Waals surface area (Å²) < 4.78 is 31.0. The highest BCUT2D eigenvalue weighted by atomic mass is 35.5. The second-order valence-electron chi connectivity index (χ2n) is 10.4. The highest BCUT2D eigenvalue weighted by Gasteiger charge is 2.31. The number of benzene rings is 2. The molecule has 1 atom stereocenters. The zero-order valence-electron chi connectivity index (χ0n) is 23.2. The van der Waals surface area contributed by atoms with Crippen LogP contribution in [0.5, 0.6) is 5.88 Å². The third kappa shape index (κ3) is 6.61. The van der Waals surface area contributed by atoms with Crippen LogP contribution >= 0.6 is 23.4 Å². The predicted octanol–water partition coefficient (Wildman–Crippen LogP) is 6.32. The first-order chi connectivity index (χ1) is 20.4. The fourth-order valence-electron chi connectivity index (χ4n) is 5.19. The predicted molar refractivity (Wildman–Crippen MR) is 162 cm³/mol. The number of halogens is 2. The molecule has 2 fully saturated rings. The molecule has 0 spiro atoms. The number of carbonyl (C=O) groups is 1. The standard InChI is InChI=1S/C31H32ClFN4O4S/c1-39-31(38)20-5-7-26-27(15-20)37(17-24-11-14-40-24)29(35-26)18-36-12-9-23(10-13-36)41-30-4-2-3-22(34-30)19-42-28-8-6-21(32)16-25(28)33/h2-8,15-16,18,23-24,35H,9-14,17,19H2,1H3/t24-/m0/s1. The van der Waals surface area contributed by atoms with Crippen LogP contribution in [-0.4, -0.2) is 61.4 Å². The van der Waals surface area contributed by atoms with Gasteiger partial charge in [-0.05, 0) is 48.9 Å². The van der Waals surface area contributed by atoms with Gasteiger partial charge in [0, 0.05) is 60.5 Å². The minimum atomic E-state index is -0.355. The number of likely N-dealkylation sites (tertiary alicyclic amines) is 1. The fourth-order valence-corrected chi connectivity index (χ4v) is 6.17. The molecule has 2 aromatic carbocycles. The van der Waals surface area contributed by atoms with Gasteiger partial charge < -0.3 is 29.3 Å². The molecule has 1 aromatic heterocycles. The Bertz CT molecular complexity index is 1480. The number of methoxy groups -OCH3 is 1. The number of pyridine rings is 1. The number of hydrogen-bond acceptors (Lipinski definition) is 9. The van der Waals surface area contributed by atoms with Gasteiger partial charge in [-0.15, -0.1) is 11.8 Å². The minimum absolute atomic E-state index is 0.0552. The van der Waals surface area contributed by atoms with Crippen LogP contribution in [0, 0.1) is 5.82 Å².